The van der Waals surface area contributed by atoms with Gasteiger partial charge in [-0.3, -0.25) is 9.59 Å². The molecule has 0 saturated carbocycles. The van der Waals surface area contributed by atoms with Gasteiger partial charge in [0.1, 0.15) is 12.3 Å². The van der Waals surface area contributed by atoms with Gasteiger partial charge < -0.3 is 19.1 Å². The van der Waals surface area contributed by atoms with Crippen molar-refractivity contribution in [3.05, 3.63) is 88.7 Å². The van der Waals surface area contributed by atoms with Crippen LogP contribution in [0.3, 0.4) is 0 Å². The van der Waals surface area contributed by atoms with Crippen molar-refractivity contribution in [2.24, 2.45) is 5.92 Å². The standard InChI is InChI=1S/C33H39F6N3O3/c1-6-23(4)42(20-28-10-8-13-40(28)19-24-9-7-11-29(15-24)45-5)30(43)21-41(14-12-22(2)3)31(44)25-16-26(32(34,35)36)18-27(17-25)33(37,38)39/h7-11,13,15-18,22-23H,6,12,14,19-21H2,1-5H3. The number of benzene rings is 2. The van der Waals surface area contributed by atoms with Crippen molar-refractivity contribution in [2.75, 3.05) is 20.2 Å². The minimum atomic E-state index is -5.11. The van der Waals surface area contributed by atoms with Crippen molar-refractivity contribution >= 4 is 11.8 Å². The van der Waals surface area contributed by atoms with Crippen LogP contribution >= 0.6 is 0 Å². The van der Waals surface area contributed by atoms with Crippen molar-refractivity contribution in [3.63, 3.8) is 0 Å². The molecule has 2 amide bonds. The van der Waals surface area contributed by atoms with Crippen LogP contribution in [0.2, 0.25) is 0 Å². The van der Waals surface area contributed by atoms with Crippen LogP contribution in [0.4, 0.5) is 26.3 Å². The zero-order chi connectivity index (χ0) is 33.5. The van der Waals surface area contributed by atoms with Crippen LogP contribution in [0.15, 0.2) is 60.8 Å². The van der Waals surface area contributed by atoms with Crippen molar-refractivity contribution in [2.45, 2.75) is 72.0 Å². The molecule has 3 aromatic rings. The Balaban J connectivity index is 1.92. The van der Waals surface area contributed by atoms with Crippen LogP contribution in [0.5, 0.6) is 5.75 Å². The predicted molar refractivity (Wildman–Crippen MR) is 159 cm³/mol. The summed E-state index contributed by atoms with van der Waals surface area (Å²) < 4.78 is 88.4. The summed E-state index contributed by atoms with van der Waals surface area (Å²) in [4.78, 5) is 30.0. The Kier molecular flexibility index (Phi) is 11.7. The number of nitrogens with zero attached hydrogens (tertiary/aromatic N) is 3. The number of aromatic nitrogens is 1. The molecule has 1 heterocycles. The first-order chi connectivity index (χ1) is 21.0. The Bertz CT molecular complexity index is 1420. The highest BCUT2D eigenvalue weighted by atomic mass is 19.4. The average molecular weight is 640 g/mol. The van der Waals surface area contributed by atoms with E-state index in [-0.39, 0.29) is 31.1 Å². The van der Waals surface area contributed by atoms with E-state index in [1.165, 1.54) is 0 Å². The molecule has 0 radical (unpaired) electrons. The summed E-state index contributed by atoms with van der Waals surface area (Å²) in [5.41, 5.74) is -2.18. The predicted octanol–water partition coefficient (Wildman–Crippen LogP) is 7.90. The fourth-order valence-corrected chi connectivity index (χ4v) is 4.78. The van der Waals surface area contributed by atoms with E-state index in [4.69, 9.17) is 4.74 Å². The molecule has 0 saturated heterocycles. The van der Waals surface area contributed by atoms with Gasteiger partial charge in [-0.2, -0.15) is 26.3 Å². The van der Waals surface area contributed by atoms with Crippen LogP contribution in [-0.4, -0.2) is 52.4 Å². The van der Waals surface area contributed by atoms with Crippen molar-refractivity contribution in [3.8, 4) is 5.75 Å². The van der Waals surface area contributed by atoms with Crippen LogP contribution in [-0.2, 0) is 30.2 Å². The van der Waals surface area contributed by atoms with Gasteiger partial charge in [-0.15, -0.1) is 0 Å². The van der Waals surface area contributed by atoms with Crippen molar-refractivity contribution in [1.82, 2.24) is 14.4 Å². The highest BCUT2D eigenvalue weighted by Crippen LogP contribution is 2.36. The topological polar surface area (TPSA) is 54.8 Å². The molecule has 246 valence electrons. The number of rotatable bonds is 13. The first kappa shape index (κ1) is 35.5. The number of hydrogen-bond acceptors (Lipinski definition) is 3. The zero-order valence-corrected chi connectivity index (χ0v) is 26.0. The minimum absolute atomic E-state index is 0.0221. The molecular weight excluding hydrogens is 600 g/mol. The number of amides is 2. The summed E-state index contributed by atoms with van der Waals surface area (Å²) in [5.74, 6) is -0.801. The van der Waals surface area contributed by atoms with Crippen LogP contribution in [0.25, 0.3) is 0 Å². The van der Waals surface area contributed by atoms with E-state index in [1.54, 1.807) is 12.0 Å². The van der Waals surface area contributed by atoms with Gasteiger partial charge >= 0.3 is 12.4 Å². The van der Waals surface area contributed by atoms with E-state index < -0.39 is 47.4 Å². The molecule has 0 aliphatic rings. The van der Waals surface area contributed by atoms with Crippen LogP contribution in [0.1, 0.15) is 73.3 Å². The molecule has 1 unspecified atom stereocenters. The quantitative estimate of drug-likeness (QED) is 0.179. The van der Waals surface area contributed by atoms with Gasteiger partial charge in [-0.1, -0.05) is 32.9 Å². The fraction of sp³-hybridized carbons (Fsp3) is 0.455. The Morgan fingerprint density at radius 2 is 1.56 bits per heavy atom. The summed E-state index contributed by atoms with van der Waals surface area (Å²) in [7, 11) is 1.58. The number of alkyl halides is 6. The van der Waals surface area contributed by atoms with E-state index in [9.17, 15) is 35.9 Å². The minimum Gasteiger partial charge on any atom is -0.497 e. The third-order valence-electron chi connectivity index (χ3n) is 7.61. The molecule has 0 N–H and O–H groups in total. The van der Waals surface area contributed by atoms with Gasteiger partial charge in [0.05, 0.1) is 24.8 Å². The summed E-state index contributed by atoms with van der Waals surface area (Å²) in [6.07, 6.45) is -7.38. The van der Waals surface area contributed by atoms with E-state index in [0.717, 1.165) is 16.2 Å². The molecule has 0 bridgehead atoms. The number of methoxy groups -OCH3 is 1. The first-order valence-electron chi connectivity index (χ1n) is 14.7. The summed E-state index contributed by atoms with van der Waals surface area (Å²) in [5, 5.41) is 0. The molecule has 6 nitrogen and oxygen atoms in total. The van der Waals surface area contributed by atoms with Crippen LogP contribution in [0, 0.1) is 5.92 Å². The Morgan fingerprint density at radius 3 is 2.11 bits per heavy atom. The van der Waals surface area contributed by atoms with Crippen molar-refractivity contribution < 1.29 is 40.7 Å². The lowest BCUT2D eigenvalue weighted by atomic mass is 10.0. The molecule has 3 rings (SSSR count). The lowest BCUT2D eigenvalue weighted by molar-refractivity contribution is -0.143. The Labute approximate surface area is 259 Å². The maximum absolute atomic E-state index is 13.8. The Morgan fingerprint density at radius 1 is 0.911 bits per heavy atom. The molecule has 12 heteroatoms. The highest BCUT2D eigenvalue weighted by Gasteiger charge is 2.38. The normalized spacial score (nSPS) is 12.7. The molecule has 0 fully saturated rings. The van der Waals surface area contributed by atoms with E-state index >= 15 is 0 Å². The molecule has 0 aliphatic heterocycles. The summed E-state index contributed by atoms with van der Waals surface area (Å²) in [6, 6.07) is 11.8. The summed E-state index contributed by atoms with van der Waals surface area (Å²) >= 11 is 0. The molecule has 1 atom stereocenters. The van der Waals surface area contributed by atoms with Gasteiger partial charge in [0.25, 0.3) is 5.91 Å². The summed E-state index contributed by atoms with van der Waals surface area (Å²) in [6.45, 7) is 7.59. The third-order valence-corrected chi connectivity index (χ3v) is 7.61. The van der Waals surface area contributed by atoms with Gasteiger partial charge in [-0.25, -0.2) is 0 Å². The molecule has 2 aromatic carbocycles. The number of ether oxygens (including phenoxy) is 1. The molecule has 0 spiro atoms. The largest absolute Gasteiger partial charge is 0.497 e. The van der Waals surface area contributed by atoms with Gasteiger partial charge in [0, 0.05) is 36.6 Å². The number of hydrogen-bond donors (Lipinski definition) is 0. The lowest BCUT2D eigenvalue weighted by Crippen LogP contribution is -2.46. The average Bonchev–Trinajstić information content (AvgIpc) is 3.42. The second-order valence-electron chi connectivity index (χ2n) is 11.5. The molecular formula is C33H39F6N3O3. The van der Waals surface area contributed by atoms with Gasteiger partial charge in [0.2, 0.25) is 5.91 Å². The number of halogens is 6. The third kappa shape index (κ3) is 9.76. The highest BCUT2D eigenvalue weighted by molar-refractivity contribution is 5.97. The van der Waals surface area contributed by atoms with Crippen LogP contribution < -0.4 is 4.74 Å². The second kappa shape index (κ2) is 14.9. The lowest BCUT2D eigenvalue weighted by Gasteiger charge is -2.32. The molecule has 45 heavy (non-hydrogen) atoms. The van der Waals surface area contributed by atoms with Gasteiger partial charge in [0.15, 0.2) is 0 Å². The maximum atomic E-state index is 13.8. The fourth-order valence-electron chi connectivity index (χ4n) is 4.78. The van der Waals surface area contributed by atoms with E-state index in [0.29, 0.717) is 37.3 Å². The first-order valence-corrected chi connectivity index (χ1v) is 14.7. The number of carbonyl (C=O) groups excluding carboxylic acids is 2. The molecule has 0 aliphatic carbocycles. The van der Waals surface area contributed by atoms with Gasteiger partial charge in [-0.05, 0) is 73.7 Å². The maximum Gasteiger partial charge on any atom is 0.416 e. The second-order valence-corrected chi connectivity index (χ2v) is 11.5. The molecule has 1 aromatic heterocycles. The Hall–Kier alpha value is -3.96. The SMILES string of the molecule is CCC(C)N(Cc1cccn1Cc1cccc(OC)c1)C(=O)CN(CCC(C)C)C(=O)c1cc(C(F)(F)F)cc(C(F)(F)F)c1. The van der Waals surface area contributed by atoms with E-state index in [2.05, 4.69) is 0 Å². The van der Waals surface area contributed by atoms with E-state index in [1.807, 2.05) is 74.9 Å². The number of carbonyl (C=O) groups is 2. The zero-order valence-electron chi connectivity index (χ0n) is 26.0. The smallest absolute Gasteiger partial charge is 0.416 e. The van der Waals surface area contributed by atoms with Crippen molar-refractivity contribution in [1.29, 1.82) is 0 Å². The monoisotopic (exact) mass is 639 g/mol.